The van der Waals surface area contributed by atoms with E-state index in [4.69, 9.17) is 0 Å². The Kier molecular flexibility index (Phi) is 3.72. The first kappa shape index (κ1) is 7.98. The van der Waals surface area contributed by atoms with E-state index in [1.54, 1.807) is 0 Å². The number of piperazine rings is 1. The fourth-order valence-electron chi connectivity index (χ4n) is 1.18. The number of hydrogen-bond donors (Lipinski definition) is 1. The Bertz CT molecular complexity index is 78.9. The summed E-state index contributed by atoms with van der Waals surface area (Å²) in [6, 6.07) is 0. The molecule has 1 rings (SSSR count). The van der Waals surface area contributed by atoms with Crippen LogP contribution in [-0.4, -0.2) is 51.2 Å². The van der Waals surface area contributed by atoms with Gasteiger partial charge in [0.25, 0.3) is 0 Å². The maximum atomic E-state index is 4.07. The van der Waals surface area contributed by atoms with Gasteiger partial charge >= 0.3 is 0 Å². The molecule has 3 nitrogen and oxygen atoms in total. The summed E-state index contributed by atoms with van der Waals surface area (Å²) in [5.74, 6) is 0. The Morgan fingerprint density at radius 2 is 2.10 bits per heavy atom. The Balaban J connectivity index is 2.02. The summed E-state index contributed by atoms with van der Waals surface area (Å²) in [6.07, 6.45) is 0. The van der Waals surface area contributed by atoms with Gasteiger partial charge in [-0.1, -0.05) is 0 Å². The van der Waals surface area contributed by atoms with Crippen molar-refractivity contribution < 1.29 is 0 Å². The lowest BCUT2D eigenvalue weighted by Gasteiger charge is -2.26. The number of likely N-dealkylation sites (N-methyl/N-ethyl adjacent to an activating group) is 1. The van der Waals surface area contributed by atoms with Crippen LogP contribution in [0.5, 0.6) is 0 Å². The monoisotopic (exact) mass is 142 g/mol. The van der Waals surface area contributed by atoms with Gasteiger partial charge in [0.1, 0.15) is 0 Å². The highest BCUT2D eigenvalue weighted by atomic mass is 15.2. The summed E-state index contributed by atoms with van der Waals surface area (Å²) >= 11 is 0. The largest absolute Gasteiger partial charge is 0.314 e. The average Bonchev–Trinajstić information content (AvgIpc) is 2.03. The predicted molar refractivity (Wildman–Crippen MR) is 42.2 cm³/mol. The van der Waals surface area contributed by atoms with E-state index >= 15 is 0 Å². The molecule has 0 aromatic heterocycles. The van der Waals surface area contributed by atoms with E-state index < -0.39 is 0 Å². The zero-order valence-electron chi connectivity index (χ0n) is 6.64. The molecular weight excluding hydrogens is 126 g/mol. The van der Waals surface area contributed by atoms with Crippen LogP contribution >= 0.6 is 0 Å². The molecule has 0 saturated carbocycles. The van der Waals surface area contributed by atoms with Crippen molar-refractivity contribution in [3.05, 3.63) is 0 Å². The first-order valence-electron chi connectivity index (χ1n) is 3.92. The zero-order chi connectivity index (χ0) is 7.23. The number of rotatable bonds is 3. The topological polar surface area (TPSA) is 29.4 Å². The van der Waals surface area contributed by atoms with Crippen LogP contribution in [0.3, 0.4) is 0 Å². The molecule has 0 bridgehead atoms. The number of nitrogens with one attached hydrogen (secondary N) is 1. The molecule has 1 heterocycles. The first-order chi connectivity index (χ1) is 4.93. The van der Waals surface area contributed by atoms with Gasteiger partial charge in [0.15, 0.2) is 0 Å². The lowest BCUT2D eigenvalue weighted by molar-refractivity contribution is 0.242. The fraction of sp³-hybridized carbons (Fsp3) is 1.00. The predicted octanol–water partition coefficient (Wildman–Crippen LogP) is -0.874. The van der Waals surface area contributed by atoms with E-state index in [2.05, 4.69) is 15.5 Å². The summed E-state index contributed by atoms with van der Waals surface area (Å²) in [5, 5.41) is 7.39. The third kappa shape index (κ3) is 2.64. The molecule has 1 aliphatic rings. The van der Waals surface area contributed by atoms with Crippen molar-refractivity contribution >= 4 is 0 Å². The van der Waals surface area contributed by atoms with Crippen LogP contribution in [0, 0.1) is 0 Å². The van der Waals surface area contributed by atoms with Gasteiger partial charge in [0, 0.05) is 46.3 Å². The Morgan fingerprint density at radius 1 is 1.40 bits per heavy atom. The van der Waals surface area contributed by atoms with Crippen molar-refractivity contribution in [2.45, 2.75) is 0 Å². The summed E-state index contributed by atoms with van der Waals surface area (Å²) < 4.78 is 0. The number of nitrogens with zero attached hydrogens (tertiary/aromatic N) is 2. The second-order valence-electron chi connectivity index (χ2n) is 2.63. The van der Waals surface area contributed by atoms with E-state index in [0.717, 1.165) is 26.2 Å². The minimum atomic E-state index is 0.986. The molecule has 0 aromatic carbocycles. The average molecular weight is 142 g/mol. The van der Waals surface area contributed by atoms with Gasteiger partial charge in [-0.25, -0.2) is 5.32 Å². The van der Waals surface area contributed by atoms with Gasteiger partial charge in [-0.2, -0.15) is 0 Å². The van der Waals surface area contributed by atoms with Gasteiger partial charge in [0.2, 0.25) is 0 Å². The van der Waals surface area contributed by atoms with Crippen molar-refractivity contribution in [2.75, 3.05) is 46.3 Å². The highest BCUT2D eigenvalue weighted by Gasteiger charge is 2.07. The van der Waals surface area contributed by atoms with E-state index in [-0.39, 0.29) is 0 Å². The Labute approximate surface area is 62.8 Å². The molecule has 0 aromatic rings. The molecular formula is C7H16N3. The third-order valence-electron chi connectivity index (χ3n) is 1.85. The van der Waals surface area contributed by atoms with Crippen LogP contribution < -0.4 is 10.6 Å². The van der Waals surface area contributed by atoms with E-state index in [0.29, 0.717) is 0 Å². The molecule has 1 radical (unpaired) electrons. The van der Waals surface area contributed by atoms with Crippen LogP contribution in [-0.2, 0) is 0 Å². The maximum absolute atomic E-state index is 4.07. The third-order valence-corrected chi connectivity index (χ3v) is 1.85. The van der Waals surface area contributed by atoms with Crippen molar-refractivity contribution in [3.63, 3.8) is 0 Å². The smallest absolute Gasteiger partial charge is 0.0258 e. The molecule has 0 atom stereocenters. The molecule has 59 valence electrons. The van der Waals surface area contributed by atoms with Crippen LogP contribution in [0.4, 0.5) is 0 Å². The summed E-state index contributed by atoms with van der Waals surface area (Å²) in [5.41, 5.74) is 0. The van der Waals surface area contributed by atoms with Gasteiger partial charge < -0.3 is 5.32 Å². The van der Waals surface area contributed by atoms with Gasteiger partial charge in [0.05, 0.1) is 0 Å². The molecule has 0 aliphatic carbocycles. The minimum absolute atomic E-state index is 0.986. The standard InChI is InChI=1S/C7H16N3/c1-8-2-5-10-6-3-9-4-7-10/h9H,2-7H2,1H3. The fourth-order valence-corrected chi connectivity index (χ4v) is 1.18. The molecule has 1 saturated heterocycles. The quantitative estimate of drug-likeness (QED) is 0.555. The second-order valence-corrected chi connectivity index (χ2v) is 2.63. The van der Waals surface area contributed by atoms with Crippen LogP contribution in [0.15, 0.2) is 0 Å². The summed E-state index contributed by atoms with van der Waals surface area (Å²) in [4.78, 5) is 2.45. The minimum Gasteiger partial charge on any atom is -0.314 e. The van der Waals surface area contributed by atoms with Gasteiger partial charge in [-0.05, 0) is 0 Å². The summed E-state index contributed by atoms with van der Waals surface area (Å²) in [7, 11) is 1.88. The summed E-state index contributed by atoms with van der Waals surface area (Å²) in [6.45, 7) is 6.79. The van der Waals surface area contributed by atoms with Crippen molar-refractivity contribution in [1.82, 2.24) is 15.5 Å². The highest BCUT2D eigenvalue weighted by molar-refractivity contribution is 4.67. The van der Waals surface area contributed by atoms with E-state index in [1.807, 2.05) is 7.05 Å². The molecule has 3 heteroatoms. The van der Waals surface area contributed by atoms with E-state index in [9.17, 15) is 0 Å². The second kappa shape index (κ2) is 4.66. The maximum Gasteiger partial charge on any atom is 0.0258 e. The number of hydrogen-bond acceptors (Lipinski definition) is 2. The molecule has 0 unspecified atom stereocenters. The van der Waals surface area contributed by atoms with Gasteiger partial charge in [-0.15, -0.1) is 0 Å². The van der Waals surface area contributed by atoms with Crippen molar-refractivity contribution in [2.24, 2.45) is 0 Å². The van der Waals surface area contributed by atoms with Crippen LogP contribution in [0.2, 0.25) is 0 Å². The lowest BCUT2D eigenvalue weighted by atomic mass is 10.3. The lowest BCUT2D eigenvalue weighted by Crippen LogP contribution is -2.45. The normalized spacial score (nSPS) is 21.3. The Morgan fingerprint density at radius 3 is 2.70 bits per heavy atom. The molecule has 0 amide bonds. The molecule has 10 heavy (non-hydrogen) atoms. The molecule has 0 spiro atoms. The van der Waals surface area contributed by atoms with Gasteiger partial charge in [-0.3, -0.25) is 4.90 Å². The first-order valence-corrected chi connectivity index (χ1v) is 3.92. The molecule has 1 aliphatic heterocycles. The van der Waals surface area contributed by atoms with Crippen LogP contribution in [0.25, 0.3) is 0 Å². The van der Waals surface area contributed by atoms with Crippen LogP contribution in [0.1, 0.15) is 0 Å². The van der Waals surface area contributed by atoms with Crippen molar-refractivity contribution in [1.29, 1.82) is 0 Å². The SMILES string of the molecule is C[N]CCN1CCNCC1. The molecule has 1 fully saturated rings. The van der Waals surface area contributed by atoms with E-state index in [1.165, 1.54) is 13.1 Å². The van der Waals surface area contributed by atoms with Crippen molar-refractivity contribution in [3.8, 4) is 0 Å². The Hall–Kier alpha value is -0.120. The molecule has 1 N–H and O–H groups in total. The zero-order valence-corrected chi connectivity index (χ0v) is 6.64. The highest BCUT2D eigenvalue weighted by Crippen LogP contribution is 1.89.